The molecule has 0 amide bonds. The maximum absolute atomic E-state index is 12.6. The van der Waals surface area contributed by atoms with Gasteiger partial charge in [-0.1, -0.05) is 18.2 Å². The van der Waals surface area contributed by atoms with E-state index in [0.29, 0.717) is 0 Å². The summed E-state index contributed by atoms with van der Waals surface area (Å²) in [4.78, 5) is 12.3. The fourth-order valence-corrected chi connectivity index (χ4v) is 2.62. The third-order valence-corrected chi connectivity index (χ3v) is 4.17. The Morgan fingerprint density at radius 2 is 1.71 bits per heavy atom. The van der Waals surface area contributed by atoms with Crippen molar-refractivity contribution < 1.29 is 32.5 Å². The van der Waals surface area contributed by atoms with Crippen molar-refractivity contribution in [1.82, 2.24) is 0 Å². The first kappa shape index (κ1) is 18.1. The number of carbonyl (C=O) groups is 1. The van der Waals surface area contributed by atoms with Crippen molar-refractivity contribution in [2.75, 3.05) is 0 Å². The van der Waals surface area contributed by atoms with Gasteiger partial charge >= 0.3 is 12.3 Å². The summed E-state index contributed by atoms with van der Waals surface area (Å²) in [6.45, 7) is 2.58. The number of phenolic OH excluding ortho intramolecular Hbond substituents is 1. The van der Waals surface area contributed by atoms with Crippen LogP contribution in [0.2, 0.25) is 0 Å². The van der Waals surface area contributed by atoms with Gasteiger partial charge in [0.25, 0.3) is 0 Å². The Morgan fingerprint density at radius 3 is 2.25 bits per heavy atom. The summed E-state index contributed by atoms with van der Waals surface area (Å²) in [5.74, 6) is -1.87. The minimum atomic E-state index is -4.95. The monoisotopic (exact) mass is 404 g/mol. The summed E-state index contributed by atoms with van der Waals surface area (Å²) < 4.78 is 46.7. The number of halogens is 4. The molecule has 0 aromatic heterocycles. The van der Waals surface area contributed by atoms with Crippen LogP contribution in [0.5, 0.6) is 17.2 Å². The van der Waals surface area contributed by atoms with Crippen LogP contribution in [-0.2, 0) is 0 Å². The van der Waals surface area contributed by atoms with Crippen molar-refractivity contribution in [2.24, 2.45) is 0 Å². The highest BCUT2D eigenvalue weighted by Crippen LogP contribution is 2.43. The van der Waals surface area contributed by atoms with E-state index in [2.05, 4.69) is 20.7 Å². The van der Waals surface area contributed by atoms with Gasteiger partial charge in [-0.25, -0.2) is 4.79 Å². The van der Waals surface area contributed by atoms with Crippen molar-refractivity contribution in [3.63, 3.8) is 0 Å². The van der Waals surface area contributed by atoms with Crippen LogP contribution in [0, 0.1) is 13.8 Å². The van der Waals surface area contributed by atoms with Crippen LogP contribution in [-0.4, -0.2) is 17.4 Å². The van der Waals surface area contributed by atoms with Gasteiger partial charge in [-0.2, -0.15) is 0 Å². The van der Waals surface area contributed by atoms with E-state index in [1.165, 1.54) is 26.0 Å². The Kier molecular flexibility index (Phi) is 5.08. The summed E-state index contributed by atoms with van der Waals surface area (Å²) in [5.41, 5.74) is -0.554. The molecule has 2 aromatic carbocycles. The predicted octanol–water partition coefficient (Wildman–Crippen LogP) is 4.89. The molecule has 0 atom stereocenters. The molecule has 0 bridgehead atoms. The first-order chi connectivity index (χ1) is 11.1. The fourth-order valence-electron chi connectivity index (χ4n) is 2.05. The zero-order valence-corrected chi connectivity index (χ0v) is 14.2. The zero-order chi connectivity index (χ0) is 18.1. The number of ether oxygens (including phenoxy) is 2. The summed E-state index contributed by atoms with van der Waals surface area (Å²) in [6.07, 6.45) is -4.95. The number of alkyl halides is 3. The highest BCUT2D eigenvalue weighted by molar-refractivity contribution is 9.10. The lowest BCUT2D eigenvalue weighted by molar-refractivity contribution is -0.275. The minimum absolute atomic E-state index is 0.0276. The van der Waals surface area contributed by atoms with E-state index in [4.69, 9.17) is 4.74 Å². The van der Waals surface area contributed by atoms with Crippen LogP contribution in [0.3, 0.4) is 0 Å². The number of rotatable bonds is 3. The molecule has 0 spiro atoms. The summed E-state index contributed by atoms with van der Waals surface area (Å²) >= 11 is 2.95. The van der Waals surface area contributed by atoms with Crippen LogP contribution in [0.4, 0.5) is 13.2 Å². The van der Waals surface area contributed by atoms with Crippen molar-refractivity contribution in [3.8, 4) is 17.2 Å². The molecule has 1 N–H and O–H groups in total. The number of esters is 1. The van der Waals surface area contributed by atoms with Gasteiger partial charge in [-0.15, -0.1) is 13.2 Å². The van der Waals surface area contributed by atoms with E-state index < -0.39 is 23.8 Å². The standard InChI is InChI=1S/C16H12BrF3O4/c1-8-11(15(22)23-10-6-4-3-5-7-10)13(21)9(2)12(17)14(8)24-16(18,19)20/h3-7,21H,1-2H3. The molecule has 4 nitrogen and oxygen atoms in total. The molecule has 0 saturated carbocycles. The third kappa shape index (κ3) is 3.81. The Morgan fingerprint density at radius 1 is 1.12 bits per heavy atom. The van der Waals surface area contributed by atoms with Crippen LogP contribution in [0.1, 0.15) is 21.5 Å². The SMILES string of the molecule is Cc1c(O)c(C(=O)Oc2ccccc2)c(C)c(OC(F)(F)F)c1Br. The maximum Gasteiger partial charge on any atom is 0.573 e. The second-order valence-electron chi connectivity index (χ2n) is 4.87. The molecule has 24 heavy (non-hydrogen) atoms. The van der Waals surface area contributed by atoms with E-state index in [-0.39, 0.29) is 26.9 Å². The largest absolute Gasteiger partial charge is 0.573 e. The smallest absolute Gasteiger partial charge is 0.507 e. The normalized spacial score (nSPS) is 11.2. The molecule has 8 heteroatoms. The van der Waals surface area contributed by atoms with Gasteiger partial charge in [0, 0.05) is 11.1 Å². The molecular formula is C16H12BrF3O4. The van der Waals surface area contributed by atoms with Crippen molar-refractivity contribution in [3.05, 3.63) is 51.5 Å². The number of aromatic hydroxyl groups is 1. The number of hydrogen-bond donors (Lipinski definition) is 1. The van der Waals surface area contributed by atoms with Gasteiger partial charge in [0.2, 0.25) is 0 Å². The molecule has 0 saturated heterocycles. The third-order valence-electron chi connectivity index (χ3n) is 3.21. The van der Waals surface area contributed by atoms with Crippen LogP contribution >= 0.6 is 15.9 Å². The molecule has 2 aromatic rings. The Bertz CT molecular complexity index is 773. The van der Waals surface area contributed by atoms with Gasteiger partial charge < -0.3 is 14.6 Å². The number of hydrogen-bond acceptors (Lipinski definition) is 4. The first-order valence-corrected chi connectivity index (χ1v) is 7.45. The molecule has 0 heterocycles. The second-order valence-corrected chi connectivity index (χ2v) is 5.66. The number of carbonyl (C=O) groups excluding carboxylic acids is 1. The average molecular weight is 405 g/mol. The summed E-state index contributed by atoms with van der Waals surface area (Å²) in [6, 6.07) is 7.96. The van der Waals surface area contributed by atoms with Crippen molar-refractivity contribution in [1.29, 1.82) is 0 Å². The Hall–Kier alpha value is -2.22. The molecule has 128 valence electrons. The lowest BCUT2D eigenvalue weighted by Gasteiger charge is -2.18. The average Bonchev–Trinajstić information content (AvgIpc) is 2.50. The Labute approximate surface area is 143 Å². The zero-order valence-electron chi connectivity index (χ0n) is 12.6. The lowest BCUT2D eigenvalue weighted by Crippen LogP contribution is -2.20. The minimum Gasteiger partial charge on any atom is -0.507 e. The fraction of sp³-hybridized carbons (Fsp3) is 0.188. The van der Waals surface area contributed by atoms with Gasteiger partial charge in [0.15, 0.2) is 0 Å². The summed E-state index contributed by atoms with van der Waals surface area (Å²) in [5, 5.41) is 10.2. The number of para-hydroxylation sites is 1. The topological polar surface area (TPSA) is 55.8 Å². The molecule has 0 radical (unpaired) electrons. The van der Waals surface area contributed by atoms with Crippen LogP contribution in [0.25, 0.3) is 0 Å². The van der Waals surface area contributed by atoms with Crippen molar-refractivity contribution >= 4 is 21.9 Å². The number of phenols is 1. The predicted molar refractivity (Wildman–Crippen MR) is 83.4 cm³/mol. The molecule has 0 unspecified atom stereocenters. The molecular weight excluding hydrogens is 393 g/mol. The van der Waals surface area contributed by atoms with E-state index >= 15 is 0 Å². The maximum atomic E-state index is 12.6. The Balaban J connectivity index is 2.51. The van der Waals surface area contributed by atoms with Crippen LogP contribution in [0.15, 0.2) is 34.8 Å². The highest BCUT2D eigenvalue weighted by Gasteiger charge is 2.35. The molecule has 0 fully saturated rings. The first-order valence-electron chi connectivity index (χ1n) is 6.66. The second kappa shape index (κ2) is 6.72. The van der Waals surface area contributed by atoms with Gasteiger partial charge in [-0.3, -0.25) is 0 Å². The van der Waals surface area contributed by atoms with Gasteiger partial charge in [0.1, 0.15) is 22.8 Å². The quantitative estimate of drug-likeness (QED) is 0.584. The summed E-state index contributed by atoms with van der Waals surface area (Å²) in [7, 11) is 0. The van der Waals surface area contributed by atoms with Gasteiger partial charge in [-0.05, 0) is 41.9 Å². The van der Waals surface area contributed by atoms with Crippen molar-refractivity contribution in [2.45, 2.75) is 20.2 Å². The van der Waals surface area contributed by atoms with Crippen LogP contribution < -0.4 is 9.47 Å². The van der Waals surface area contributed by atoms with E-state index in [9.17, 15) is 23.1 Å². The van der Waals surface area contributed by atoms with E-state index in [1.54, 1.807) is 18.2 Å². The lowest BCUT2D eigenvalue weighted by atomic mass is 10.0. The highest BCUT2D eigenvalue weighted by atomic mass is 79.9. The van der Waals surface area contributed by atoms with E-state index in [1.807, 2.05) is 0 Å². The number of benzene rings is 2. The molecule has 2 rings (SSSR count). The van der Waals surface area contributed by atoms with E-state index in [0.717, 1.165) is 0 Å². The molecule has 0 aliphatic carbocycles. The molecule has 0 aliphatic heterocycles. The van der Waals surface area contributed by atoms with Gasteiger partial charge in [0.05, 0.1) is 4.47 Å². The molecule has 0 aliphatic rings.